The summed E-state index contributed by atoms with van der Waals surface area (Å²) in [6.45, 7) is 3.84. The molecule has 0 fully saturated rings. The Labute approximate surface area is 179 Å². The van der Waals surface area contributed by atoms with Crippen molar-refractivity contribution in [1.82, 2.24) is 15.0 Å². The molecule has 9 heteroatoms. The van der Waals surface area contributed by atoms with Crippen LogP contribution in [0.2, 0.25) is 0 Å². The monoisotopic (exact) mass is 442 g/mol. The maximum absolute atomic E-state index is 12.8. The third-order valence-electron chi connectivity index (χ3n) is 4.42. The number of benzene rings is 1. The molecule has 3 aromatic heterocycles. The molecule has 0 spiro atoms. The molecule has 0 aliphatic heterocycles. The van der Waals surface area contributed by atoms with Gasteiger partial charge < -0.3 is 10.7 Å². The Balaban J connectivity index is 1.63. The number of fused-ring (bicyclic) bond motifs is 1. The van der Waals surface area contributed by atoms with Crippen LogP contribution in [0.25, 0.3) is 21.3 Å². The van der Waals surface area contributed by atoms with Gasteiger partial charge >= 0.3 is 0 Å². The number of rotatable bonds is 6. The lowest BCUT2D eigenvalue weighted by atomic mass is 10.1. The normalized spacial score (nSPS) is 12.3. The zero-order valence-electron chi connectivity index (χ0n) is 15.8. The molecule has 148 valence electrons. The fourth-order valence-electron chi connectivity index (χ4n) is 2.97. The molecule has 0 aliphatic rings. The third kappa shape index (κ3) is 4.12. The molecule has 0 saturated heterocycles. The van der Waals surface area contributed by atoms with E-state index in [2.05, 4.69) is 9.97 Å². The van der Waals surface area contributed by atoms with Crippen molar-refractivity contribution in [2.45, 2.75) is 29.9 Å². The van der Waals surface area contributed by atoms with E-state index in [0.29, 0.717) is 11.2 Å². The molecule has 4 aromatic rings. The summed E-state index contributed by atoms with van der Waals surface area (Å²) >= 11 is 4.43. The first-order valence-electron chi connectivity index (χ1n) is 8.90. The van der Waals surface area contributed by atoms with Gasteiger partial charge in [0, 0.05) is 15.8 Å². The maximum Gasteiger partial charge on any atom is 0.260 e. The highest BCUT2D eigenvalue weighted by atomic mass is 32.2. The van der Waals surface area contributed by atoms with Gasteiger partial charge in [-0.25, -0.2) is 9.97 Å². The Morgan fingerprint density at radius 3 is 2.76 bits per heavy atom. The summed E-state index contributed by atoms with van der Waals surface area (Å²) in [4.78, 5) is 37.8. The van der Waals surface area contributed by atoms with E-state index in [0.717, 1.165) is 30.9 Å². The summed E-state index contributed by atoms with van der Waals surface area (Å²) in [5.74, 6) is 0.239. The first-order valence-corrected chi connectivity index (χ1v) is 11.5. The number of amides is 1. The van der Waals surface area contributed by atoms with Crippen molar-refractivity contribution in [3.05, 3.63) is 62.5 Å². The van der Waals surface area contributed by atoms with E-state index in [-0.39, 0.29) is 23.1 Å². The van der Waals surface area contributed by atoms with Gasteiger partial charge in [0.15, 0.2) is 4.34 Å². The second kappa shape index (κ2) is 8.10. The zero-order valence-corrected chi connectivity index (χ0v) is 18.2. The number of aryl methyl sites for hydroxylation is 1. The number of nitrogens with one attached hydrogen (secondary N) is 1. The molecule has 0 saturated carbocycles. The highest BCUT2D eigenvalue weighted by Crippen LogP contribution is 2.38. The quantitative estimate of drug-likeness (QED) is 0.434. The number of H-pyrrole nitrogens is 1. The lowest BCUT2D eigenvalue weighted by Crippen LogP contribution is -2.13. The molecule has 0 radical (unpaired) electrons. The second-order valence-electron chi connectivity index (χ2n) is 6.54. The van der Waals surface area contributed by atoms with Gasteiger partial charge in [-0.05, 0) is 19.4 Å². The van der Waals surface area contributed by atoms with Crippen LogP contribution >= 0.6 is 34.4 Å². The van der Waals surface area contributed by atoms with Gasteiger partial charge in [-0.2, -0.15) is 0 Å². The minimum atomic E-state index is -0.371. The molecular formula is C20H18N4O2S3. The van der Waals surface area contributed by atoms with Crippen molar-refractivity contribution in [2.24, 2.45) is 5.73 Å². The van der Waals surface area contributed by atoms with Crippen LogP contribution in [0, 0.1) is 6.92 Å². The van der Waals surface area contributed by atoms with Gasteiger partial charge in [0.05, 0.1) is 22.8 Å². The van der Waals surface area contributed by atoms with Gasteiger partial charge in [-0.1, -0.05) is 42.1 Å². The molecule has 1 atom stereocenters. The number of aromatic nitrogens is 3. The van der Waals surface area contributed by atoms with E-state index in [1.807, 2.05) is 49.6 Å². The van der Waals surface area contributed by atoms with Crippen LogP contribution in [0.15, 0.2) is 44.8 Å². The standard InChI is InChI=1S/C20H18N4O2S3/c1-10-14(8-15(21)25)29-20(22-10)28-11(2)17-23-18(26)16-13(9-27-19(16)24-17)12-6-4-3-5-7-12/h3-7,9,11H,8H2,1-2H3,(H2,21,25)(H,23,24,26). The fraction of sp³-hybridized carbons (Fsp3) is 0.200. The number of carbonyl (C=O) groups excluding carboxylic acids is 1. The summed E-state index contributed by atoms with van der Waals surface area (Å²) in [6.07, 6.45) is 0.191. The van der Waals surface area contributed by atoms with Crippen molar-refractivity contribution in [3.8, 4) is 11.1 Å². The highest BCUT2D eigenvalue weighted by Gasteiger charge is 2.19. The summed E-state index contributed by atoms with van der Waals surface area (Å²) in [7, 11) is 0. The van der Waals surface area contributed by atoms with Crippen LogP contribution < -0.4 is 11.3 Å². The van der Waals surface area contributed by atoms with E-state index in [1.54, 1.807) is 0 Å². The summed E-state index contributed by atoms with van der Waals surface area (Å²) in [6, 6.07) is 9.84. The molecule has 1 aromatic carbocycles. The third-order valence-corrected chi connectivity index (χ3v) is 7.65. The molecule has 0 bridgehead atoms. The van der Waals surface area contributed by atoms with Gasteiger partial charge in [-0.15, -0.1) is 22.7 Å². The van der Waals surface area contributed by atoms with Crippen molar-refractivity contribution < 1.29 is 4.79 Å². The minimum absolute atomic E-state index is 0.0960. The Morgan fingerprint density at radius 2 is 2.03 bits per heavy atom. The largest absolute Gasteiger partial charge is 0.369 e. The first-order chi connectivity index (χ1) is 13.9. The molecule has 1 amide bonds. The lowest BCUT2D eigenvalue weighted by molar-refractivity contribution is -0.117. The van der Waals surface area contributed by atoms with Gasteiger partial charge in [0.2, 0.25) is 5.91 Å². The van der Waals surface area contributed by atoms with Crippen LogP contribution in [-0.2, 0) is 11.2 Å². The number of carbonyl (C=O) groups is 1. The van der Waals surface area contributed by atoms with E-state index >= 15 is 0 Å². The smallest absolute Gasteiger partial charge is 0.260 e. The first kappa shape index (κ1) is 19.8. The number of thiophene rings is 1. The average molecular weight is 443 g/mol. The van der Waals surface area contributed by atoms with Gasteiger partial charge in [-0.3, -0.25) is 9.59 Å². The molecule has 1 unspecified atom stereocenters. The van der Waals surface area contributed by atoms with E-state index < -0.39 is 0 Å². The van der Waals surface area contributed by atoms with Gasteiger partial charge in [0.1, 0.15) is 10.7 Å². The summed E-state index contributed by atoms with van der Waals surface area (Å²) in [5.41, 5.74) is 7.87. The maximum atomic E-state index is 12.8. The fourth-order valence-corrected chi connectivity index (χ4v) is 6.37. The van der Waals surface area contributed by atoms with Crippen LogP contribution in [0.1, 0.15) is 28.6 Å². The van der Waals surface area contributed by atoms with Crippen molar-refractivity contribution >= 4 is 50.6 Å². The SMILES string of the molecule is Cc1nc(SC(C)c2nc3scc(-c4ccccc4)c3c(=O)[nH]2)sc1CC(N)=O. The topological polar surface area (TPSA) is 102 Å². The number of hydrogen-bond acceptors (Lipinski definition) is 7. The number of aromatic amines is 1. The van der Waals surface area contributed by atoms with E-state index in [4.69, 9.17) is 10.7 Å². The van der Waals surface area contributed by atoms with Crippen LogP contribution in [0.3, 0.4) is 0 Å². The molecule has 0 aliphatic carbocycles. The Morgan fingerprint density at radius 1 is 1.28 bits per heavy atom. The number of nitrogens with two attached hydrogens (primary N) is 1. The van der Waals surface area contributed by atoms with Crippen LogP contribution in [0.4, 0.5) is 0 Å². The van der Waals surface area contributed by atoms with Crippen molar-refractivity contribution in [2.75, 3.05) is 0 Å². The number of hydrogen-bond donors (Lipinski definition) is 2. The number of thiazole rings is 1. The van der Waals surface area contributed by atoms with Gasteiger partial charge in [0.25, 0.3) is 5.56 Å². The van der Waals surface area contributed by atoms with E-state index in [1.165, 1.54) is 34.4 Å². The van der Waals surface area contributed by atoms with Crippen LogP contribution in [-0.4, -0.2) is 20.9 Å². The molecule has 3 heterocycles. The predicted octanol–water partition coefficient (Wildman–Crippen LogP) is 4.30. The summed E-state index contributed by atoms with van der Waals surface area (Å²) in [5, 5.41) is 2.50. The number of nitrogens with zero attached hydrogens (tertiary/aromatic N) is 2. The molecular weight excluding hydrogens is 424 g/mol. The Kier molecular flexibility index (Phi) is 5.53. The van der Waals surface area contributed by atoms with Crippen LogP contribution in [0.5, 0.6) is 0 Å². The van der Waals surface area contributed by atoms with Crippen molar-refractivity contribution in [1.29, 1.82) is 0 Å². The predicted molar refractivity (Wildman–Crippen MR) is 120 cm³/mol. The molecule has 29 heavy (non-hydrogen) atoms. The highest BCUT2D eigenvalue weighted by molar-refractivity contribution is 8.01. The van der Waals surface area contributed by atoms with Crippen molar-refractivity contribution in [3.63, 3.8) is 0 Å². The number of primary amides is 1. The minimum Gasteiger partial charge on any atom is -0.369 e. The number of thioether (sulfide) groups is 1. The second-order valence-corrected chi connectivity index (χ2v) is 10.1. The van der Waals surface area contributed by atoms with E-state index in [9.17, 15) is 9.59 Å². The Hall–Kier alpha value is -2.49. The molecule has 6 nitrogen and oxygen atoms in total. The Bertz CT molecular complexity index is 1240. The zero-order chi connectivity index (χ0) is 20.5. The summed E-state index contributed by atoms with van der Waals surface area (Å²) < 4.78 is 0.824. The molecule has 3 N–H and O–H groups in total. The molecule has 4 rings (SSSR count). The average Bonchev–Trinajstić information content (AvgIpc) is 3.26. The lowest BCUT2D eigenvalue weighted by Gasteiger charge is -2.08.